The molecule has 130 valence electrons. The molecular weight excluding hydrogens is 324 g/mol. The van der Waals surface area contributed by atoms with Crippen molar-refractivity contribution in [3.8, 4) is 5.88 Å². The Morgan fingerprint density at radius 1 is 1.38 bits per heavy atom. The van der Waals surface area contributed by atoms with E-state index in [0.29, 0.717) is 31.5 Å². The smallest absolute Gasteiger partial charge is 0.315 e. The van der Waals surface area contributed by atoms with Crippen molar-refractivity contribution in [2.45, 2.75) is 39.7 Å². The van der Waals surface area contributed by atoms with Crippen molar-refractivity contribution in [1.82, 2.24) is 20.6 Å². The molecular formula is C17H24N4O2S. The van der Waals surface area contributed by atoms with Crippen LogP contribution in [0.1, 0.15) is 43.0 Å². The minimum atomic E-state index is -0.191. The minimum absolute atomic E-state index is 0.191. The van der Waals surface area contributed by atoms with Crippen LogP contribution in [-0.4, -0.2) is 29.2 Å². The van der Waals surface area contributed by atoms with Gasteiger partial charge < -0.3 is 15.4 Å². The number of nitrogens with zero attached hydrogens (tertiary/aromatic N) is 2. The molecule has 2 amide bonds. The SMILES string of the molecule is CCOc1cc(CNC(=O)NCCc2csc(C(C)C)n2)ccn1. The number of hydrogen-bond donors (Lipinski definition) is 2. The lowest BCUT2D eigenvalue weighted by Crippen LogP contribution is -2.36. The third-order valence-electron chi connectivity index (χ3n) is 3.27. The van der Waals surface area contributed by atoms with Crippen molar-refractivity contribution in [2.24, 2.45) is 0 Å². The van der Waals surface area contributed by atoms with Crippen molar-refractivity contribution in [2.75, 3.05) is 13.2 Å². The molecule has 0 bridgehead atoms. The molecule has 0 fully saturated rings. The molecule has 6 nitrogen and oxygen atoms in total. The highest BCUT2D eigenvalue weighted by atomic mass is 32.1. The predicted molar refractivity (Wildman–Crippen MR) is 95.6 cm³/mol. The van der Waals surface area contributed by atoms with E-state index >= 15 is 0 Å². The maximum Gasteiger partial charge on any atom is 0.315 e. The molecule has 0 aliphatic rings. The van der Waals surface area contributed by atoms with Crippen molar-refractivity contribution in [3.63, 3.8) is 0 Å². The molecule has 2 aromatic rings. The number of nitrogens with one attached hydrogen (secondary N) is 2. The van der Waals surface area contributed by atoms with Crippen LogP contribution in [0.2, 0.25) is 0 Å². The van der Waals surface area contributed by atoms with Crippen LogP contribution < -0.4 is 15.4 Å². The van der Waals surface area contributed by atoms with E-state index in [1.165, 1.54) is 0 Å². The van der Waals surface area contributed by atoms with E-state index in [2.05, 4.69) is 39.8 Å². The third kappa shape index (κ3) is 5.81. The molecule has 2 heterocycles. The Kier molecular flexibility index (Phi) is 6.99. The van der Waals surface area contributed by atoms with Gasteiger partial charge in [-0.15, -0.1) is 11.3 Å². The molecule has 0 aromatic carbocycles. The van der Waals surface area contributed by atoms with Crippen LogP contribution in [0.15, 0.2) is 23.7 Å². The van der Waals surface area contributed by atoms with Crippen LogP contribution in [0.25, 0.3) is 0 Å². The summed E-state index contributed by atoms with van der Waals surface area (Å²) in [6.45, 7) is 7.73. The van der Waals surface area contributed by atoms with Gasteiger partial charge in [-0.2, -0.15) is 0 Å². The topological polar surface area (TPSA) is 76.1 Å². The summed E-state index contributed by atoms with van der Waals surface area (Å²) < 4.78 is 5.34. The molecule has 24 heavy (non-hydrogen) atoms. The number of hydrogen-bond acceptors (Lipinski definition) is 5. The molecule has 7 heteroatoms. The summed E-state index contributed by atoms with van der Waals surface area (Å²) in [5.74, 6) is 1.02. The zero-order valence-corrected chi connectivity index (χ0v) is 15.2. The van der Waals surface area contributed by atoms with Gasteiger partial charge in [0.1, 0.15) is 0 Å². The van der Waals surface area contributed by atoms with Gasteiger partial charge in [-0.25, -0.2) is 14.8 Å². The normalized spacial score (nSPS) is 10.7. The number of carbonyl (C=O) groups excluding carboxylic acids is 1. The largest absolute Gasteiger partial charge is 0.478 e. The first-order valence-corrected chi connectivity index (χ1v) is 9.00. The number of aromatic nitrogens is 2. The van der Waals surface area contributed by atoms with E-state index in [4.69, 9.17) is 4.74 Å². The summed E-state index contributed by atoms with van der Waals surface area (Å²) >= 11 is 1.67. The van der Waals surface area contributed by atoms with E-state index in [0.717, 1.165) is 22.7 Å². The zero-order valence-electron chi connectivity index (χ0n) is 14.3. The highest BCUT2D eigenvalue weighted by Crippen LogP contribution is 2.19. The number of rotatable bonds is 8. The molecule has 0 atom stereocenters. The fourth-order valence-electron chi connectivity index (χ4n) is 2.04. The average molecular weight is 348 g/mol. The average Bonchev–Trinajstić information content (AvgIpc) is 3.03. The Morgan fingerprint density at radius 2 is 2.21 bits per heavy atom. The maximum absolute atomic E-state index is 11.8. The molecule has 2 aromatic heterocycles. The van der Waals surface area contributed by atoms with Crippen LogP contribution >= 0.6 is 11.3 Å². The summed E-state index contributed by atoms with van der Waals surface area (Å²) in [7, 11) is 0. The third-order valence-corrected chi connectivity index (χ3v) is 4.47. The molecule has 2 N–H and O–H groups in total. The summed E-state index contributed by atoms with van der Waals surface area (Å²) in [4.78, 5) is 20.5. The van der Waals surface area contributed by atoms with Gasteiger partial charge >= 0.3 is 6.03 Å². The predicted octanol–water partition coefficient (Wildman–Crippen LogP) is 3.10. The lowest BCUT2D eigenvalue weighted by atomic mass is 10.2. The second kappa shape index (κ2) is 9.22. The van der Waals surface area contributed by atoms with Crippen molar-refractivity contribution < 1.29 is 9.53 Å². The minimum Gasteiger partial charge on any atom is -0.478 e. The molecule has 0 saturated carbocycles. The zero-order chi connectivity index (χ0) is 17.4. The van der Waals surface area contributed by atoms with Gasteiger partial charge in [-0.1, -0.05) is 13.8 Å². The van der Waals surface area contributed by atoms with Crippen molar-refractivity contribution in [3.05, 3.63) is 40.0 Å². The maximum atomic E-state index is 11.8. The lowest BCUT2D eigenvalue weighted by molar-refractivity contribution is 0.240. The number of ether oxygens (including phenoxy) is 1. The van der Waals surface area contributed by atoms with Crippen LogP contribution in [0.4, 0.5) is 4.79 Å². The van der Waals surface area contributed by atoms with E-state index in [-0.39, 0.29) is 6.03 Å². The summed E-state index contributed by atoms with van der Waals surface area (Å²) in [6.07, 6.45) is 2.41. The van der Waals surface area contributed by atoms with Gasteiger partial charge in [0.05, 0.1) is 17.3 Å². The summed E-state index contributed by atoms with van der Waals surface area (Å²) in [5.41, 5.74) is 1.98. The van der Waals surface area contributed by atoms with E-state index in [9.17, 15) is 4.79 Å². The summed E-state index contributed by atoms with van der Waals surface area (Å²) in [6, 6.07) is 3.49. The van der Waals surface area contributed by atoms with Gasteiger partial charge in [0.2, 0.25) is 5.88 Å². The van der Waals surface area contributed by atoms with E-state index in [1.807, 2.05) is 19.1 Å². The van der Waals surface area contributed by atoms with Gasteiger partial charge in [0.25, 0.3) is 0 Å². The first-order chi connectivity index (χ1) is 11.6. The standard InChI is InChI=1S/C17H24N4O2S/c1-4-23-15-9-13(5-7-18-15)10-20-17(22)19-8-6-14-11-24-16(21-14)12(2)3/h5,7,9,11-12H,4,6,8,10H2,1-3H3,(H2,19,20,22). The number of carbonyl (C=O) groups is 1. The molecule has 0 radical (unpaired) electrons. The van der Waals surface area contributed by atoms with Crippen LogP contribution in [0.3, 0.4) is 0 Å². The fraction of sp³-hybridized carbons (Fsp3) is 0.471. The second-order valence-corrected chi connectivity index (χ2v) is 6.52. The van der Waals surface area contributed by atoms with Crippen molar-refractivity contribution >= 4 is 17.4 Å². The quantitative estimate of drug-likeness (QED) is 0.768. The molecule has 0 saturated heterocycles. The Morgan fingerprint density at radius 3 is 2.92 bits per heavy atom. The Bertz CT molecular complexity index is 658. The van der Waals surface area contributed by atoms with E-state index < -0.39 is 0 Å². The molecule has 0 aliphatic carbocycles. The Labute approximate surface area is 146 Å². The molecule has 0 aliphatic heterocycles. The van der Waals surface area contributed by atoms with Crippen LogP contribution in [0, 0.1) is 0 Å². The first kappa shape index (κ1) is 18.2. The Balaban J connectivity index is 1.70. The number of amides is 2. The highest BCUT2D eigenvalue weighted by molar-refractivity contribution is 7.09. The van der Waals surface area contributed by atoms with E-state index in [1.54, 1.807) is 17.5 Å². The first-order valence-electron chi connectivity index (χ1n) is 8.12. The van der Waals surface area contributed by atoms with Gasteiger partial charge in [-0.05, 0) is 18.6 Å². The summed E-state index contributed by atoms with van der Waals surface area (Å²) in [5, 5.41) is 8.87. The van der Waals surface area contributed by atoms with Crippen LogP contribution in [0.5, 0.6) is 5.88 Å². The second-order valence-electron chi connectivity index (χ2n) is 5.63. The Hall–Kier alpha value is -2.15. The number of pyridine rings is 1. The van der Waals surface area contributed by atoms with Crippen LogP contribution in [-0.2, 0) is 13.0 Å². The van der Waals surface area contributed by atoms with Gasteiger partial charge in [0, 0.05) is 43.1 Å². The fourth-order valence-corrected chi connectivity index (χ4v) is 2.91. The highest BCUT2D eigenvalue weighted by Gasteiger charge is 2.06. The monoisotopic (exact) mass is 348 g/mol. The van der Waals surface area contributed by atoms with Gasteiger partial charge in [0.15, 0.2) is 0 Å². The number of thiazole rings is 1. The molecule has 2 rings (SSSR count). The van der Waals surface area contributed by atoms with Gasteiger partial charge in [-0.3, -0.25) is 0 Å². The van der Waals surface area contributed by atoms with Crippen molar-refractivity contribution in [1.29, 1.82) is 0 Å². The number of urea groups is 1. The molecule has 0 unspecified atom stereocenters. The lowest BCUT2D eigenvalue weighted by Gasteiger charge is -2.08. The molecule has 0 spiro atoms.